The number of ketones is 1. The van der Waals surface area contributed by atoms with Gasteiger partial charge in [0.15, 0.2) is 0 Å². The quantitative estimate of drug-likeness (QED) is 0.299. The molecular weight excluding hydrogens is 420 g/mol. The molecule has 3 aromatic heterocycles. The van der Waals surface area contributed by atoms with E-state index in [1.165, 1.54) is 24.3 Å². The number of tetrazole rings is 1. The van der Waals surface area contributed by atoms with Crippen LogP contribution in [0.2, 0.25) is 0 Å². The van der Waals surface area contributed by atoms with E-state index in [1.807, 2.05) is 27.7 Å². The third-order valence-electron chi connectivity index (χ3n) is 3.93. The Morgan fingerprint density at radius 1 is 0.969 bits per heavy atom. The number of carbonyl (C=O) groups excluding carboxylic acids is 1. The van der Waals surface area contributed by atoms with Crippen molar-refractivity contribution in [3.05, 3.63) is 62.3 Å². The van der Waals surface area contributed by atoms with Crippen molar-refractivity contribution in [3.63, 3.8) is 0 Å². The molecule has 0 spiro atoms. The van der Waals surface area contributed by atoms with Gasteiger partial charge in [-0.1, -0.05) is 13.8 Å². The van der Waals surface area contributed by atoms with Gasteiger partial charge in [0.1, 0.15) is 0 Å². The van der Waals surface area contributed by atoms with Crippen LogP contribution >= 0.6 is 0 Å². The van der Waals surface area contributed by atoms with E-state index in [1.54, 1.807) is 16.8 Å². The van der Waals surface area contributed by atoms with Gasteiger partial charge in [-0.05, 0) is 74.3 Å². The first-order chi connectivity index (χ1) is 15.1. The van der Waals surface area contributed by atoms with Gasteiger partial charge in [-0.3, -0.25) is 4.79 Å². The van der Waals surface area contributed by atoms with Gasteiger partial charge < -0.3 is 20.2 Å². The second-order valence-corrected chi connectivity index (χ2v) is 7.34. The molecule has 32 heavy (non-hydrogen) atoms. The van der Waals surface area contributed by atoms with Crippen LogP contribution < -0.4 is 0 Å². The number of carbonyl (C=O) groups is 1. The molecule has 0 N–H and O–H groups in total. The molecule has 0 atom stereocenters. The molecule has 0 unspecified atom stereocenters. The summed E-state index contributed by atoms with van der Waals surface area (Å²) in [6.07, 6.45) is 0.355. The summed E-state index contributed by atoms with van der Waals surface area (Å²) in [7, 11) is 0. The van der Waals surface area contributed by atoms with Crippen molar-refractivity contribution in [1.29, 1.82) is 0 Å². The van der Waals surface area contributed by atoms with E-state index in [0.29, 0.717) is 17.9 Å². The van der Waals surface area contributed by atoms with Crippen LogP contribution in [-0.4, -0.2) is 45.8 Å². The highest BCUT2D eigenvalue weighted by atomic mass is 16.6. The van der Waals surface area contributed by atoms with Gasteiger partial charge in [-0.2, -0.15) is 0 Å². The molecule has 13 nitrogen and oxygen atoms in total. The third kappa shape index (κ3) is 6.42. The number of aromatic nitrogens is 6. The van der Waals surface area contributed by atoms with Crippen molar-refractivity contribution in [1.82, 2.24) is 30.2 Å². The molecule has 0 radical (unpaired) electrons. The zero-order chi connectivity index (χ0) is 23.8. The molecule has 0 aromatic carbocycles. The molecule has 0 aliphatic heterocycles. The van der Waals surface area contributed by atoms with Gasteiger partial charge in [0, 0.05) is 18.6 Å². The predicted molar refractivity (Wildman–Crippen MR) is 113 cm³/mol. The van der Waals surface area contributed by atoms with Crippen LogP contribution in [0.3, 0.4) is 0 Å². The largest absolute Gasteiger partial charge is 0.364 e. The minimum Gasteiger partial charge on any atom is -0.358 e. The first-order valence-electron chi connectivity index (χ1n) is 9.64. The Hall–Kier alpha value is -4.16. The number of nitro groups is 2. The lowest BCUT2D eigenvalue weighted by Crippen LogP contribution is -2.06. The highest BCUT2D eigenvalue weighted by Crippen LogP contribution is 2.19. The molecule has 0 fully saturated rings. The molecule has 0 bridgehead atoms. The Balaban J connectivity index is 0.000000229. The van der Waals surface area contributed by atoms with Crippen molar-refractivity contribution in [3.8, 4) is 11.5 Å². The van der Waals surface area contributed by atoms with Crippen LogP contribution in [0.25, 0.3) is 11.5 Å². The minimum absolute atomic E-state index is 0.0565. The number of hydrogen-bond donors (Lipinski definition) is 0. The summed E-state index contributed by atoms with van der Waals surface area (Å²) in [6, 6.07) is 8.81. The second kappa shape index (κ2) is 10.7. The van der Waals surface area contributed by atoms with E-state index in [4.69, 9.17) is 0 Å². The number of rotatable bonds is 7. The molecule has 0 amide bonds. The van der Waals surface area contributed by atoms with Gasteiger partial charge >= 0.3 is 11.6 Å². The lowest BCUT2D eigenvalue weighted by Gasteiger charge is -2.04. The number of nitrogens with zero attached hydrogens (tertiary/aromatic N) is 8. The summed E-state index contributed by atoms with van der Waals surface area (Å²) in [6.45, 7) is 7.65. The maximum Gasteiger partial charge on any atom is 0.364 e. The molecule has 0 aliphatic carbocycles. The Morgan fingerprint density at radius 2 is 1.56 bits per heavy atom. The summed E-state index contributed by atoms with van der Waals surface area (Å²) in [5.74, 6) is -0.0265. The highest BCUT2D eigenvalue weighted by Gasteiger charge is 2.19. The second-order valence-electron chi connectivity index (χ2n) is 7.34. The summed E-state index contributed by atoms with van der Waals surface area (Å²) >= 11 is 0. The number of hydrogen-bond acceptors (Lipinski definition) is 10. The van der Waals surface area contributed by atoms with E-state index in [9.17, 15) is 25.0 Å². The van der Waals surface area contributed by atoms with E-state index in [-0.39, 0.29) is 35.1 Å². The van der Waals surface area contributed by atoms with Gasteiger partial charge in [0.2, 0.25) is 23.0 Å². The van der Waals surface area contributed by atoms with Gasteiger partial charge in [-0.25, -0.2) is 4.68 Å². The van der Waals surface area contributed by atoms with Crippen LogP contribution in [0.5, 0.6) is 0 Å². The number of pyridine rings is 2. The lowest BCUT2D eigenvalue weighted by molar-refractivity contribution is -0.389. The number of Topliss-reactive ketones (excluding diaryl/α,β-unsaturated/α-hetero) is 1. The van der Waals surface area contributed by atoms with E-state index < -0.39 is 9.85 Å². The highest BCUT2D eigenvalue weighted by molar-refractivity contribution is 5.94. The Bertz CT molecular complexity index is 1110. The van der Waals surface area contributed by atoms with Crippen LogP contribution in [0.1, 0.15) is 50.6 Å². The third-order valence-corrected chi connectivity index (χ3v) is 3.93. The van der Waals surface area contributed by atoms with Crippen molar-refractivity contribution < 1.29 is 14.6 Å². The average Bonchev–Trinajstić information content (AvgIpc) is 3.24. The summed E-state index contributed by atoms with van der Waals surface area (Å²) in [4.78, 5) is 39.0. The smallest absolute Gasteiger partial charge is 0.358 e. The molecule has 0 aliphatic rings. The Labute approximate surface area is 182 Å². The van der Waals surface area contributed by atoms with Crippen LogP contribution in [0, 0.1) is 26.1 Å². The fourth-order valence-corrected chi connectivity index (χ4v) is 2.52. The first kappa shape index (κ1) is 24.1. The molecular formula is C19H22N8O5. The first-order valence-corrected chi connectivity index (χ1v) is 9.64. The standard InChI is InChI=1S/C10H12N2O3.C9H10N6O2/c1-7(2)6-9(13)8-4-3-5-10(11-8)12(14)15;1-6(2)14-9(11-12-13-14)7-4-3-5-8(10-7)15(16)17/h3-5,7H,6H2,1-2H3;3-6H,1-2H3. The summed E-state index contributed by atoms with van der Waals surface area (Å²) in [5.41, 5.74) is 0.552. The van der Waals surface area contributed by atoms with Gasteiger partial charge in [0.05, 0.1) is 6.04 Å². The van der Waals surface area contributed by atoms with Crippen molar-refractivity contribution in [2.75, 3.05) is 0 Å². The van der Waals surface area contributed by atoms with E-state index in [2.05, 4.69) is 25.5 Å². The fourth-order valence-electron chi connectivity index (χ4n) is 2.52. The van der Waals surface area contributed by atoms with Crippen LogP contribution in [0.4, 0.5) is 11.6 Å². The molecule has 168 valence electrons. The van der Waals surface area contributed by atoms with Crippen LogP contribution in [0.15, 0.2) is 36.4 Å². The summed E-state index contributed by atoms with van der Waals surface area (Å²) in [5, 5.41) is 32.2. The minimum atomic E-state index is -0.605. The topological polar surface area (TPSA) is 173 Å². The van der Waals surface area contributed by atoms with E-state index in [0.717, 1.165) is 0 Å². The molecule has 3 rings (SSSR count). The molecule has 3 aromatic rings. The average molecular weight is 442 g/mol. The van der Waals surface area contributed by atoms with Gasteiger partial charge in [0.25, 0.3) is 0 Å². The SMILES string of the molecule is CC(C)CC(=O)c1cccc([N+](=O)[O-])n1.CC(C)n1nnnc1-c1cccc([N+](=O)[O-])n1. The zero-order valence-corrected chi connectivity index (χ0v) is 17.9. The molecule has 3 heterocycles. The monoisotopic (exact) mass is 442 g/mol. The predicted octanol–water partition coefficient (Wildman–Crippen LogP) is 3.44. The molecule has 0 saturated heterocycles. The van der Waals surface area contributed by atoms with Crippen molar-refractivity contribution in [2.24, 2.45) is 5.92 Å². The lowest BCUT2D eigenvalue weighted by atomic mass is 10.1. The maximum atomic E-state index is 11.5. The van der Waals surface area contributed by atoms with Crippen LogP contribution in [-0.2, 0) is 0 Å². The van der Waals surface area contributed by atoms with Crippen molar-refractivity contribution >= 4 is 17.4 Å². The van der Waals surface area contributed by atoms with Crippen molar-refractivity contribution in [2.45, 2.75) is 40.2 Å². The Kier molecular flexibility index (Phi) is 8.10. The van der Waals surface area contributed by atoms with Gasteiger partial charge in [-0.15, -0.1) is 5.10 Å². The molecule has 0 saturated carbocycles. The maximum absolute atomic E-state index is 11.5. The fraction of sp³-hybridized carbons (Fsp3) is 0.368. The molecule has 13 heteroatoms. The summed E-state index contributed by atoms with van der Waals surface area (Å²) < 4.78 is 1.56. The normalized spacial score (nSPS) is 10.6. The zero-order valence-electron chi connectivity index (χ0n) is 17.9. The van der Waals surface area contributed by atoms with E-state index >= 15 is 0 Å². The Morgan fingerprint density at radius 3 is 2.12 bits per heavy atom.